The van der Waals surface area contributed by atoms with Crippen molar-refractivity contribution < 1.29 is 4.79 Å². The van der Waals surface area contributed by atoms with Gasteiger partial charge in [0.25, 0.3) is 0 Å². The van der Waals surface area contributed by atoms with Crippen molar-refractivity contribution in [3.63, 3.8) is 0 Å². The number of carbonyl (C=O) groups is 1. The van der Waals surface area contributed by atoms with Crippen LogP contribution in [-0.4, -0.2) is 27.6 Å². The van der Waals surface area contributed by atoms with Gasteiger partial charge in [-0.25, -0.2) is 0 Å². The summed E-state index contributed by atoms with van der Waals surface area (Å²) in [5.74, 6) is 0.354. The summed E-state index contributed by atoms with van der Waals surface area (Å²) in [6.07, 6.45) is 0. The third-order valence-corrected chi connectivity index (χ3v) is 5.58. The van der Waals surface area contributed by atoms with E-state index in [0.717, 1.165) is 17.4 Å². The first-order valence-corrected chi connectivity index (χ1v) is 8.08. The molecular weight excluding hydrogens is 326 g/mol. The number of rotatable bonds is 4. The number of carbonyl (C=O) groups excluding carboxylic acids is 1. The Morgan fingerprint density at radius 2 is 2.05 bits per heavy atom. The van der Waals surface area contributed by atoms with Crippen LogP contribution in [0.15, 0.2) is 30.3 Å². The van der Waals surface area contributed by atoms with Gasteiger partial charge in [0.15, 0.2) is 0 Å². The van der Waals surface area contributed by atoms with Gasteiger partial charge in [-0.15, -0.1) is 11.6 Å². The number of likely N-dealkylation sites (tertiary alicyclic amines) is 1. The molecule has 0 aromatic heterocycles. The first-order valence-electron chi connectivity index (χ1n) is 6.58. The van der Waals surface area contributed by atoms with Gasteiger partial charge < -0.3 is 4.90 Å². The Kier molecular flexibility index (Phi) is 4.57. The standard InChI is InChI=1S/C15H19BrClNO/c1-11(2)15(17)13(8-16)10-18(14(15)19)9-12-6-4-3-5-7-12/h3-7,11,13H,8-10H2,1-2H3/t13-,15-/m0/s1. The minimum Gasteiger partial charge on any atom is -0.336 e. The molecule has 1 heterocycles. The molecule has 2 rings (SSSR count). The highest BCUT2D eigenvalue weighted by molar-refractivity contribution is 9.09. The molecule has 0 saturated carbocycles. The first-order chi connectivity index (χ1) is 9.00. The van der Waals surface area contributed by atoms with Crippen LogP contribution in [0.5, 0.6) is 0 Å². The third-order valence-electron chi connectivity index (χ3n) is 3.89. The topological polar surface area (TPSA) is 20.3 Å². The fraction of sp³-hybridized carbons (Fsp3) is 0.533. The fourth-order valence-corrected chi connectivity index (χ4v) is 3.89. The Bertz CT molecular complexity index is 451. The van der Waals surface area contributed by atoms with Crippen LogP contribution < -0.4 is 0 Å². The van der Waals surface area contributed by atoms with Crippen molar-refractivity contribution in [1.29, 1.82) is 0 Å². The van der Waals surface area contributed by atoms with Crippen LogP contribution in [0.25, 0.3) is 0 Å². The summed E-state index contributed by atoms with van der Waals surface area (Å²) in [4.78, 5) is 13.7. The number of hydrogen-bond acceptors (Lipinski definition) is 1. The van der Waals surface area contributed by atoms with Crippen LogP contribution >= 0.6 is 27.5 Å². The summed E-state index contributed by atoms with van der Waals surface area (Å²) in [5, 5.41) is 0.756. The maximum atomic E-state index is 12.6. The van der Waals surface area contributed by atoms with Gasteiger partial charge in [-0.2, -0.15) is 0 Å². The van der Waals surface area contributed by atoms with E-state index in [-0.39, 0.29) is 17.7 Å². The zero-order valence-electron chi connectivity index (χ0n) is 11.3. The molecule has 2 nitrogen and oxygen atoms in total. The van der Waals surface area contributed by atoms with Crippen LogP contribution in [0, 0.1) is 11.8 Å². The smallest absolute Gasteiger partial charge is 0.244 e. The summed E-state index contributed by atoms with van der Waals surface area (Å²) >= 11 is 10.2. The number of alkyl halides is 2. The van der Waals surface area contributed by atoms with E-state index in [2.05, 4.69) is 15.9 Å². The van der Waals surface area contributed by atoms with E-state index in [1.54, 1.807) is 0 Å². The van der Waals surface area contributed by atoms with Crippen LogP contribution in [0.3, 0.4) is 0 Å². The van der Waals surface area contributed by atoms with Crippen molar-refractivity contribution in [2.75, 3.05) is 11.9 Å². The third kappa shape index (κ3) is 2.68. The number of nitrogens with zero attached hydrogens (tertiary/aromatic N) is 1. The Labute approximate surface area is 128 Å². The molecule has 0 radical (unpaired) electrons. The van der Waals surface area contributed by atoms with Gasteiger partial charge >= 0.3 is 0 Å². The molecule has 0 aliphatic carbocycles. The van der Waals surface area contributed by atoms with Crippen LogP contribution in [-0.2, 0) is 11.3 Å². The van der Waals surface area contributed by atoms with E-state index >= 15 is 0 Å². The molecule has 104 valence electrons. The molecular formula is C15H19BrClNO. The molecule has 1 aliphatic rings. The highest BCUT2D eigenvalue weighted by Gasteiger charge is 2.54. The molecule has 2 atom stereocenters. The van der Waals surface area contributed by atoms with E-state index < -0.39 is 4.87 Å². The Morgan fingerprint density at radius 3 is 2.53 bits per heavy atom. The second-order valence-electron chi connectivity index (χ2n) is 5.45. The predicted molar refractivity (Wildman–Crippen MR) is 82.6 cm³/mol. The number of hydrogen-bond donors (Lipinski definition) is 0. The number of benzene rings is 1. The van der Waals surface area contributed by atoms with Crippen LogP contribution in [0.2, 0.25) is 0 Å². The van der Waals surface area contributed by atoms with E-state index in [4.69, 9.17) is 11.6 Å². The quantitative estimate of drug-likeness (QED) is 0.763. The zero-order valence-corrected chi connectivity index (χ0v) is 13.6. The molecule has 0 N–H and O–H groups in total. The lowest BCUT2D eigenvalue weighted by Gasteiger charge is -2.29. The Balaban J connectivity index is 2.19. The molecule has 19 heavy (non-hydrogen) atoms. The molecule has 1 saturated heterocycles. The molecule has 1 amide bonds. The molecule has 4 heteroatoms. The first kappa shape index (κ1) is 14.9. The molecule has 1 aliphatic heterocycles. The average molecular weight is 345 g/mol. The maximum Gasteiger partial charge on any atom is 0.244 e. The molecule has 1 aromatic rings. The normalized spacial score (nSPS) is 27.3. The largest absolute Gasteiger partial charge is 0.336 e. The molecule has 1 aromatic carbocycles. The van der Waals surface area contributed by atoms with Gasteiger partial charge in [-0.3, -0.25) is 4.79 Å². The fourth-order valence-electron chi connectivity index (χ4n) is 2.72. The summed E-state index contributed by atoms with van der Waals surface area (Å²) < 4.78 is 0. The lowest BCUT2D eigenvalue weighted by atomic mass is 9.86. The van der Waals surface area contributed by atoms with E-state index in [1.165, 1.54) is 0 Å². The van der Waals surface area contributed by atoms with E-state index in [1.807, 2.05) is 49.1 Å². The van der Waals surface area contributed by atoms with Crippen molar-refractivity contribution in [2.45, 2.75) is 25.3 Å². The van der Waals surface area contributed by atoms with Gasteiger partial charge in [0.1, 0.15) is 4.87 Å². The van der Waals surface area contributed by atoms with Crippen molar-refractivity contribution in [1.82, 2.24) is 4.90 Å². The highest BCUT2D eigenvalue weighted by Crippen LogP contribution is 2.42. The van der Waals surface area contributed by atoms with Crippen molar-refractivity contribution >= 4 is 33.4 Å². The van der Waals surface area contributed by atoms with E-state index in [0.29, 0.717) is 6.54 Å². The van der Waals surface area contributed by atoms with Gasteiger partial charge in [0, 0.05) is 24.3 Å². The maximum absolute atomic E-state index is 12.6. The summed E-state index contributed by atoms with van der Waals surface area (Å²) in [6, 6.07) is 10.1. The second kappa shape index (κ2) is 5.84. The Hall–Kier alpha value is -0.540. The SMILES string of the molecule is CC(C)[C@@]1(Cl)C(=O)N(Cc2ccccc2)C[C@@H]1CBr. The van der Waals surface area contributed by atoms with Gasteiger partial charge in [0.05, 0.1) is 0 Å². The molecule has 0 bridgehead atoms. The van der Waals surface area contributed by atoms with Crippen molar-refractivity contribution in [3.8, 4) is 0 Å². The lowest BCUT2D eigenvalue weighted by Crippen LogP contribution is -2.43. The summed E-state index contributed by atoms with van der Waals surface area (Å²) in [7, 11) is 0. The predicted octanol–water partition coefficient (Wildman–Crippen LogP) is 3.67. The zero-order chi connectivity index (χ0) is 14.0. The second-order valence-corrected chi connectivity index (χ2v) is 6.72. The lowest BCUT2D eigenvalue weighted by molar-refractivity contribution is -0.131. The Morgan fingerprint density at radius 1 is 1.42 bits per heavy atom. The van der Waals surface area contributed by atoms with Crippen molar-refractivity contribution in [2.24, 2.45) is 11.8 Å². The van der Waals surface area contributed by atoms with Gasteiger partial charge in [0.2, 0.25) is 5.91 Å². The molecule has 0 spiro atoms. The minimum absolute atomic E-state index is 0.0671. The monoisotopic (exact) mass is 343 g/mol. The van der Waals surface area contributed by atoms with Gasteiger partial charge in [-0.05, 0) is 11.5 Å². The van der Waals surface area contributed by atoms with Crippen LogP contribution in [0.4, 0.5) is 0 Å². The van der Waals surface area contributed by atoms with Crippen LogP contribution in [0.1, 0.15) is 19.4 Å². The molecule has 0 unspecified atom stereocenters. The highest BCUT2D eigenvalue weighted by atomic mass is 79.9. The van der Waals surface area contributed by atoms with Crippen molar-refractivity contribution in [3.05, 3.63) is 35.9 Å². The molecule has 1 fully saturated rings. The number of halogens is 2. The minimum atomic E-state index is -0.766. The average Bonchev–Trinajstić information content (AvgIpc) is 2.65. The summed E-state index contributed by atoms with van der Waals surface area (Å²) in [6.45, 7) is 5.41. The number of amides is 1. The van der Waals surface area contributed by atoms with Gasteiger partial charge in [-0.1, -0.05) is 60.1 Å². The summed E-state index contributed by atoms with van der Waals surface area (Å²) in [5.41, 5.74) is 1.15. The van der Waals surface area contributed by atoms with E-state index in [9.17, 15) is 4.79 Å².